The molecule has 31 heavy (non-hydrogen) atoms. The van der Waals surface area contributed by atoms with Crippen molar-refractivity contribution >= 4 is 43.1 Å². The van der Waals surface area contributed by atoms with Crippen LogP contribution in [0, 0.1) is 6.92 Å². The molecule has 0 saturated carbocycles. The van der Waals surface area contributed by atoms with Crippen LogP contribution in [-0.4, -0.2) is 42.0 Å². The average Bonchev–Trinajstić information content (AvgIpc) is 3.35. The van der Waals surface area contributed by atoms with Gasteiger partial charge in [-0.05, 0) is 43.3 Å². The Balaban J connectivity index is 1.62. The molecule has 2 heterocycles. The number of fused-ring (bicyclic) bond motifs is 1. The number of anilines is 1. The van der Waals surface area contributed by atoms with Gasteiger partial charge in [0, 0.05) is 17.7 Å². The molecule has 2 aromatic carbocycles. The summed E-state index contributed by atoms with van der Waals surface area (Å²) in [6.07, 6.45) is 0. The molecule has 8 nitrogen and oxygen atoms in total. The zero-order valence-electron chi connectivity index (χ0n) is 17.1. The van der Waals surface area contributed by atoms with Crippen LogP contribution in [0.3, 0.4) is 0 Å². The number of amides is 1. The predicted molar refractivity (Wildman–Crippen MR) is 120 cm³/mol. The van der Waals surface area contributed by atoms with Crippen molar-refractivity contribution in [1.82, 2.24) is 14.8 Å². The first kappa shape index (κ1) is 21.0. The molecule has 1 N–H and O–H groups in total. The molecule has 10 heteroatoms. The lowest BCUT2D eigenvalue weighted by Crippen LogP contribution is -2.15. The van der Waals surface area contributed by atoms with Gasteiger partial charge in [0.05, 0.1) is 33.7 Å². The van der Waals surface area contributed by atoms with Crippen LogP contribution in [0.15, 0.2) is 53.4 Å². The minimum Gasteiger partial charge on any atom is -0.497 e. The molecule has 1 amide bonds. The second-order valence-electron chi connectivity index (χ2n) is 6.79. The number of nitrogens with one attached hydrogen (secondary N) is 1. The maximum atomic E-state index is 12.8. The summed E-state index contributed by atoms with van der Waals surface area (Å²) in [5, 5.41) is 7.91. The van der Waals surface area contributed by atoms with E-state index in [1.54, 1.807) is 24.8 Å². The molecule has 4 rings (SSSR count). The Morgan fingerprint density at radius 3 is 2.58 bits per heavy atom. The minimum absolute atomic E-state index is 0.00501. The summed E-state index contributed by atoms with van der Waals surface area (Å²) in [6, 6.07) is 13.3. The van der Waals surface area contributed by atoms with Crippen molar-refractivity contribution in [1.29, 1.82) is 0 Å². The number of ether oxygens (including phenoxy) is 1. The van der Waals surface area contributed by atoms with Gasteiger partial charge in [0.15, 0.2) is 9.84 Å². The van der Waals surface area contributed by atoms with Crippen LogP contribution >= 0.6 is 11.3 Å². The van der Waals surface area contributed by atoms with E-state index < -0.39 is 9.84 Å². The van der Waals surface area contributed by atoms with Gasteiger partial charge in [-0.1, -0.05) is 18.3 Å². The first-order chi connectivity index (χ1) is 14.8. The molecule has 160 valence electrons. The highest BCUT2D eigenvalue weighted by Crippen LogP contribution is 2.29. The molecule has 0 fully saturated rings. The number of hydrogen-bond donors (Lipinski definition) is 1. The Morgan fingerprint density at radius 2 is 1.90 bits per heavy atom. The van der Waals surface area contributed by atoms with E-state index in [0.717, 1.165) is 15.9 Å². The maximum absolute atomic E-state index is 12.8. The summed E-state index contributed by atoms with van der Waals surface area (Å²) in [7, 11) is -1.72. The molecule has 0 unspecified atom stereocenters. The highest BCUT2D eigenvalue weighted by molar-refractivity contribution is 7.91. The van der Waals surface area contributed by atoms with Crippen LogP contribution in [0.5, 0.6) is 5.75 Å². The Morgan fingerprint density at radius 1 is 1.16 bits per heavy atom. The summed E-state index contributed by atoms with van der Waals surface area (Å²) in [5.41, 5.74) is 1.84. The molecular weight excluding hydrogens is 436 g/mol. The van der Waals surface area contributed by atoms with E-state index in [9.17, 15) is 13.2 Å². The van der Waals surface area contributed by atoms with Crippen molar-refractivity contribution in [2.75, 3.05) is 18.2 Å². The fraction of sp³-hybridized carbons (Fsp3) is 0.190. The van der Waals surface area contributed by atoms with Gasteiger partial charge in [0.25, 0.3) is 5.91 Å². The van der Waals surface area contributed by atoms with Gasteiger partial charge in [-0.25, -0.2) is 13.4 Å². The molecule has 0 aliphatic rings. The van der Waals surface area contributed by atoms with Crippen LogP contribution in [-0.2, 0) is 9.84 Å². The van der Waals surface area contributed by atoms with Gasteiger partial charge in [-0.15, -0.1) is 0 Å². The molecular formula is C21H20N4O4S2. The fourth-order valence-electron chi connectivity index (χ4n) is 3.02. The van der Waals surface area contributed by atoms with Crippen molar-refractivity contribution in [3.05, 3.63) is 59.8 Å². The van der Waals surface area contributed by atoms with Gasteiger partial charge in [-0.3, -0.25) is 4.79 Å². The monoisotopic (exact) mass is 456 g/mol. The lowest BCUT2D eigenvalue weighted by molar-refractivity contribution is 0.102. The molecule has 0 spiro atoms. The summed E-state index contributed by atoms with van der Waals surface area (Å²) in [4.78, 5) is 17.6. The third-order valence-electron chi connectivity index (χ3n) is 4.69. The third kappa shape index (κ3) is 4.17. The number of carbonyl (C=O) groups excluding carboxylic acids is 1. The number of aromatic nitrogens is 3. The van der Waals surface area contributed by atoms with E-state index in [1.165, 1.54) is 35.6 Å². The van der Waals surface area contributed by atoms with Crippen molar-refractivity contribution in [2.45, 2.75) is 18.7 Å². The second-order valence-corrected chi connectivity index (χ2v) is 10.1. The number of sulfone groups is 1. The van der Waals surface area contributed by atoms with Crippen molar-refractivity contribution < 1.29 is 17.9 Å². The van der Waals surface area contributed by atoms with Crippen LogP contribution in [0.1, 0.15) is 23.0 Å². The lowest BCUT2D eigenvalue weighted by atomic mass is 10.2. The van der Waals surface area contributed by atoms with Crippen molar-refractivity contribution in [3.63, 3.8) is 0 Å². The van der Waals surface area contributed by atoms with E-state index in [2.05, 4.69) is 15.4 Å². The number of hydrogen-bond acceptors (Lipinski definition) is 7. The SMILES string of the molecule is CCS(=O)(=O)c1ccc(C(=O)Nc2cc(C)nn2-c2nc3cc(OC)ccc3s2)cc1. The number of rotatable bonds is 6. The highest BCUT2D eigenvalue weighted by Gasteiger charge is 2.17. The maximum Gasteiger partial charge on any atom is 0.256 e. The number of nitrogens with zero attached hydrogens (tertiary/aromatic N) is 3. The molecule has 0 bridgehead atoms. The molecule has 0 aliphatic carbocycles. The molecule has 2 aromatic heterocycles. The second kappa shape index (κ2) is 8.12. The summed E-state index contributed by atoms with van der Waals surface area (Å²) in [6.45, 7) is 3.41. The van der Waals surface area contributed by atoms with E-state index >= 15 is 0 Å². The van der Waals surface area contributed by atoms with Gasteiger partial charge < -0.3 is 10.1 Å². The zero-order chi connectivity index (χ0) is 22.2. The van der Waals surface area contributed by atoms with Crippen molar-refractivity contribution in [3.8, 4) is 10.9 Å². The smallest absolute Gasteiger partial charge is 0.256 e. The Kier molecular flexibility index (Phi) is 5.50. The normalized spacial score (nSPS) is 11.6. The first-order valence-corrected chi connectivity index (χ1v) is 11.9. The first-order valence-electron chi connectivity index (χ1n) is 9.46. The number of aryl methyl sites for hydroxylation is 1. The quantitative estimate of drug-likeness (QED) is 0.473. The molecule has 0 saturated heterocycles. The lowest BCUT2D eigenvalue weighted by Gasteiger charge is -2.07. The largest absolute Gasteiger partial charge is 0.497 e. The van der Waals surface area contributed by atoms with Gasteiger partial charge >= 0.3 is 0 Å². The number of thiazole rings is 1. The van der Waals surface area contributed by atoms with E-state index in [0.29, 0.717) is 22.3 Å². The number of carbonyl (C=O) groups is 1. The highest BCUT2D eigenvalue weighted by atomic mass is 32.2. The Bertz CT molecular complexity index is 1370. The van der Waals surface area contributed by atoms with E-state index in [4.69, 9.17) is 4.74 Å². The minimum atomic E-state index is -3.32. The zero-order valence-corrected chi connectivity index (χ0v) is 18.8. The molecule has 0 radical (unpaired) electrons. The summed E-state index contributed by atoms with van der Waals surface area (Å²) in [5.74, 6) is 0.816. The van der Waals surface area contributed by atoms with Crippen LogP contribution in [0.4, 0.5) is 5.82 Å². The third-order valence-corrected chi connectivity index (χ3v) is 7.46. The molecule has 0 aliphatic heterocycles. The van der Waals surface area contributed by atoms with Gasteiger partial charge in [0.2, 0.25) is 5.13 Å². The van der Waals surface area contributed by atoms with E-state index in [1.807, 2.05) is 25.1 Å². The number of benzene rings is 2. The van der Waals surface area contributed by atoms with Crippen LogP contribution in [0.25, 0.3) is 15.3 Å². The topological polar surface area (TPSA) is 103 Å². The van der Waals surface area contributed by atoms with Crippen LogP contribution in [0.2, 0.25) is 0 Å². The van der Waals surface area contributed by atoms with E-state index in [-0.39, 0.29) is 16.6 Å². The summed E-state index contributed by atoms with van der Waals surface area (Å²) >= 11 is 1.44. The summed E-state index contributed by atoms with van der Waals surface area (Å²) < 4.78 is 31.7. The molecule has 4 aromatic rings. The molecule has 0 atom stereocenters. The fourth-order valence-corrected chi connectivity index (χ4v) is 4.81. The Hall–Kier alpha value is -3.24. The van der Waals surface area contributed by atoms with Crippen molar-refractivity contribution in [2.24, 2.45) is 0 Å². The average molecular weight is 457 g/mol. The van der Waals surface area contributed by atoms with Crippen LogP contribution < -0.4 is 10.1 Å². The number of methoxy groups -OCH3 is 1. The Labute approximate surface area is 183 Å². The standard InChI is InChI=1S/C21H20N4O4S2/c1-4-31(27,28)16-8-5-14(6-9-16)20(26)23-19-11-13(2)24-25(19)21-22-17-12-15(29-3)7-10-18(17)30-21/h5-12H,4H2,1-3H3,(H,23,26). The van der Waals surface area contributed by atoms with Gasteiger partial charge in [-0.2, -0.15) is 9.78 Å². The van der Waals surface area contributed by atoms with Gasteiger partial charge in [0.1, 0.15) is 11.6 Å². The predicted octanol–water partition coefficient (Wildman–Crippen LogP) is 3.84.